The van der Waals surface area contributed by atoms with Crippen molar-refractivity contribution in [3.05, 3.63) is 52.4 Å². The van der Waals surface area contributed by atoms with Crippen molar-refractivity contribution in [1.29, 1.82) is 0 Å². The third-order valence-electron chi connectivity index (χ3n) is 3.39. The van der Waals surface area contributed by atoms with Crippen LogP contribution >= 0.6 is 0 Å². The molecule has 0 spiro atoms. The lowest BCUT2D eigenvalue weighted by Gasteiger charge is -2.01. The number of H-pyrrole nitrogens is 1. The Morgan fingerprint density at radius 3 is 2.90 bits per heavy atom. The zero-order valence-electron chi connectivity index (χ0n) is 12.1. The van der Waals surface area contributed by atoms with Crippen LogP contribution < -0.4 is 10.3 Å². The van der Waals surface area contributed by atoms with E-state index in [4.69, 9.17) is 4.74 Å². The average molecular weight is 283 g/mol. The third kappa shape index (κ3) is 2.54. The fraction of sp³-hybridized carbons (Fsp3) is 0.250. The third-order valence-corrected chi connectivity index (χ3v) is 3.39. The molecule has 2 heterocycles. The minimum absolute atomic E-state index is 0.0856. The molecule has 0 saturated carbocycles. The number of rotatable bonds is 4. The van der Waals surface area contributed by atoms with Gasteiger partial charge in [0.1, 0.15) is 5.75 Å². The molecule has 2 aromatic heterocycles. The summed E-state index contributed by atoms with van der Waals surface area (Å²) >= 11 is 0. The number of aromatic amines is 1. The van der Waals surface area contributed by atoms with Crippen molar-refractivity contribution in [2.24, 2.45) is 0 Å². The summed E-state index contributed by atoms with van der Waals surface area (Å²) in [6, 6.07) is 11.2. The normalized spacial score (nSPS) is 11.0. The van der Waals surface area contributed by atoms with Crippen LogP contribution in [-0.2, 0) is 6.42 Å². The smallest absolute Gasteiger partial charge is 0.272 e. The number of hydrogen-bond acceptors (Lipinski definition) is 3. The first-order valence-corrected chi connectivity index (χ1v) is 6.97. The predicted molar refractivity (Wildman–Crippen MR) is 81.8 cm³/mol. The summed E-state index contributed by atoms with van der Waals surface area (Å²) in [6.45, 7) is 2.07. The Balaban J connectivity index is 2.12. The molecule has 0 radical (unpaired) electrons. The van der Waals surface area contributed by atoms with E-state index in [0.29, 0.717) is 5.65 Å². The number of aromatic nitrogens is 3. The molecule has 0 aliphatic rings. The molecule has 0 atom stereocenters. The molecule has 3 aromatic rings. The lowest BCUT2D eigenvalue weighted by Crippen LogP contribution is -2.15. The number of fused-ring (bicyclic) bond motifs is 1. The average Bonchev–Trinajstić information content (AvgIpc) is 2.92. The summed E-state index contributed by atoms with van der Waals surface area (Å²) in [7, 11) is 1.63. The van der Waals surface area contributed by atoms with Crippen molar-refractivity contribution in [3.8, 4) is 17.0 Å². The van der Waals surface area contributed by atoms with Crippen LogP contribution in [0, 0.1) is 0 Å². The van der Waals surface area contributed by atoms with Crippen molar-refractivity contribution in [3.63, 3.8) is 0 Å². The molecule has 1 N–H and O–H groups in total. The lowest BCUT2D eigenvalue weighted by atomic mass is 10.1. The van der Waals surface area contributed by atoms with Crippen LogP contribution in [0.3, 0.4) is 0 Å². The van der Waals surface area contributed by atoms with Gasteiger partial charge in [0, 0.05) is 23.4 Å². The molecular weight excluding hydrogens is 266 g/mol. The van der Waals surface area contributed by atoms with Gasteiger partial charge in [0.15, 0.2) is 5.65 Å². The Kier molecular flexibility index (Phi) is 3.48. The van der Waals surface area contributed by atoms with Crippen molar-refractivity contribution in [1.82, 2.24) is 14.6 Å². The van der Waals surface area contributed by atoms with Crippen molar-refractivity contribution in [2.75, 3.05) is 7.11 Å². The first-order chi connectivity index (χ1) is 10.2. The number of methoxy groups -OCH3 is 1. The molecule has 21 heavy (non-hydrogen) atoms. The summed E-state index contributed by atoms with van der Waals surface area (Å²) in [5, 5.41) is 3.09. The highest BCUT2D eigenvalue weighted by atomic mass is 16.5. The minimum atomic E-state index is -0.0856. The van der Waals surface area contributed by atoms with Crippen molar-refractivity contribution >= 4 is 5.65 Å². The fourth-order valence-corrected chi connectivity index (χ4v) is 2.36. The number of aryl methyl sites for hydroxylation is 1. The maximum Gasteiger partial charge on any atom is 0.272 e. The number of ether oxygens (including phenoxy) is 1. The maximum absolute atomic E-state index is 12.1. The van der Waals surface area contributed by atoms with Gasteiger partial charge in [0.25, 0.3) is 5.56 Å². The van der Waals surface area contributed by atoms with E-state index in [1.807, 2.05) is 30.3 Å². The van der Waals surface area contributed by atoms with Crippen LogP contribution in [-0.4, -0.2) is 21.7 Å². The van der Waals surface area contributed by atoms with Crippen molar-refractivity contribution in [2.45, 2.75) is 19.8 Å². The SMILES string of the molecule is CCCc1cc(=O)n2[nH]c(-c3cccc(OC)c3)cc2n1. The highest BCUT2D eigenvalue weighted by Crippen LogP contribution is 2.23. The van der Waals surface area contributed by atoms with Gasteiger partial charge >= 0.3 is 0 Å². The Morgan fingerprint density at radius 1 is 1.29 bits per heavy atom. The first kappa shape index (κ1) is 13.4. The van der Waals surface area contributed by atoms with Gasteiger partial charge in [-0.1, -0.05) is 25.5 Å². The van der Waals surface area contributed by atoms with E-state index in [-0.39, 0.29) is 5.56 Å². The molecule has 0 aliphatic heterocycles. The van der Waals surface area contributed by atoms with E-state index in [9.17, 15) is 4.79 Å². The molecule has 0 aliphatic carbocycles. The standard InChI is InChI=1S/C16H17N3O2/c1-3-5-12-9-16(20)19-15(17-12)10-14(18-19)11-6-4-7-13(8-11)21-2/h4,6-10,18H,3,5H2,1-2H3. The van der Waals surface area contributed by atoms with E-state index in [1.165, 1.54) is 4.52 Å². The van der Waals surface area contributed by atoms with Crippen LogP contribution in [0.1, 0.15) is 19.0 Å². The molecule has 3 rings (SSSR count). The van der Waals surface area contributed by atoms with Gasteiger partial charge in [-0.2, -0.15) is 0 Å². The zero-order chi connectivity index (χ0) is 14.8. The van der Waals surface area contributed by atoms with Crippen LogP contribution in [0.2, 0.25) is 0 Å². The van der Waals surface area contributed by atoms with E-state index < -0.39 is 0 Å². The monoisotopic (exact) mass is 283 g/mol. The predicted octanol–water partition coefficient (Wildman–Crippen LogP) is 2.65. The molecule has 0 bridgehead atoms. The molecule has 0 amide bonds. The van der Waals surface area contributed by atoms with Gasteiger partial charge in [-0.05, 0) is 18.6 Å². The van der Waals surface area contributed by atoms with E-state index in [1.54, 1.807) is 13.2 Å². The summed E-state index contributed by atoms with van der Waals surface area (Å²) in [5.41, 5.74) is 3.18. The second-order valence-corrected chi connectivity index (χ2v) is 4.93. The largest absolute Gasteiger partial charge is 0.497 e. The van der Waals surface area contributed by atoms with Crippen LogP contribution in [0.25, 0.3) is 16.9 Å². The summed E-state index contributed by atoms with van der Waals surface area (Å²) in [4.78, 5) is 16.6. The topological polar surface area (TPSA) is 59.4 Å². The zero-order valence-corrected chi connectivity index (χ0v) is 12.1. The van der Waals surface area contributed by atoms with Gasteiger partial charge in [0.05, 0.1) is 12.8 Å². The van der Waals surface area contributed by atoms with E-state index in [0.717, 1.165) is 35.5 Å². The lowest BCUT2D eigenvalue weighted by molar-refractivity contribution is 0.415. The minimum Gasteiger partial charge on any atom is -0.497 e. The molecule has 0 unspecified atom stereocenters. The highest BCUT2D eigenvalue weighted by Gasteiger charge is 2.08. The second kappa shape index (κ2) is 5.44. The Morgan fingerprint density at radius 2 is 2.14 bits per heavy atom. The summed E-state index contributed by atoms with van der Waals surface area (Å²) < 4.78 is 6.69. The molecule has 5 nitrogen and oxygen atoms in total. The molecule has 0 saturated heterocycles. The first-order valence-electron chi connectivity index (χ1n) is 6.97. The highest BCUT2D eigenvalue weighted by molar-refractivity contribution is 5.65. The van der Waals surface area contributed by atoms with Crippen LogP contribution in [0.15, 0.2) is 41.2 Å². The number of nitrogens with one attached hydrogen (secondary N) is 1. The second-order valence-electron chi connectivity index (χ2n) is 4.93. The Bertz CT molecular complexity index is 833. The van der Waals surface area contributed by atoms with Crippen LogP contribution in [0.5, 0.6) is 5.75 Å². The van der Waals surface area contributed by atoms with Gasteiger partial charge in [-0.15, -0.1) is 0 Å². The molecule has 1 aromatic carbocycles. The molecule has 5 heteroatoms. The van der Waals surface area contributed by atoms with E-state index in [2.05, 4.69) is 17.0 Å². The van der Waals surface area contributed by atoms with Gasteiger partial charge < -0.3 is 4.74 Å². The Hall–Kier alpha value is -2.56. The Labute approximate surface area is 122 Å². The van der Waals surface area contributed by atoms with Gasteiger partial charge in [0.2, 0.25) is 0 Å². The maximum atomic E-state index is 12.1. The molecule has 0 fully saturated rings. The van der Waals surface area contributed by atoms with E-state index >= 15 is 0 Å². The molecular formula is C16H17N3O2. The van der Waals surface area contributed by atoms with Crippen LogP contribution in [0.4, 0.5) is 0 Å². The fourth-order valence-electron chi connectivity index (χ4n) is 2.36. The summed E-state index contributed by atoms with van der Waals surface area (Å²) in [5.74, 6) is 0.776. The summed E-state index contributed by atoms with van der Waals surface area (Å²) in [6.07, 6.45) is 1.78. The number of hydrogen-bond donors (Lipinski definition) is 1. The van der Waals surface area contributed by atoms with Crippen molar-refractivity contribution < 1.29 is 4.74 Å². The number of nitrogens with zero attached hydrogens (tertiary/aromatic N) is 2. The quantitative estimate of drug-likeness (QED) is 0.800. The number of benzene rings is 1. The van der Waals surface area contributed by atoms with Gasteiger partial charge in [-0.25, -0.2) is 9.50 Å². The molecule has 108 valence electrons. The van der Waals surface area contributed by atoms with Gasteiger partial charge in [-0.3, -0.25) is 9.89 Å².